The molecule has 0 amide bonds. The molecule has 3 nitrogen and oxygen atoms in total. The van der Waals surface area contributed by atoms with Crippen molar-refractivity contribution in [3.05, 3.63) is 29.3 Å². The van der Waals surface area contributed by atoms with Crippen LogP contribution in [0.4, 0.5) is 5.69 Å². The van der Waals surface area contributed by atoms with E-state index in [1.165, 1.54) is 0 Å². The molecule has 1 aromatic carbocycles. The van der Waals surface area contributed by atoms with Crippen LogP contribution in [0.2, 0.25) is 0 Å². The van der Waals surface area contributed by atoms with Gasteiger partial charge in [0.15, 0.2) is 0 Å². The summed E-state index contributed by atoms with van der Waals surface area (Å²) in [5, 5.41) is 17.4. The zero-order valence-corrected chi connectivity index (χ0v) is 9.83. The van der Waals surface area contributed by atoms with Gasteiger partial charge in [-0.05, 0) is 18.6 Å². The first-order valence-electron chi connectivity index (χ1n) is 4.87. The lowest BCUT2D eigenvalue weighted by molar-refractivity contribution is 0.956. The van der Waals surface area contributed by atoms with E-state index in [4.69, 9.17) is 22.1 Å². The summed E-state index contributed by atoms with van der Waals surface area (Å²) in [7, 11) is 0. The van der Waals surface area contributed by atoms with Gasteiger partial charge < -0.3 is 4.90 Å². The molecule has 1 aromatic rings. The number of aryl methyl sites for hydroxylation is 1. The first-order valence-corrected chi connectivity index (χ1v) is 5.40. The predicted octanol–water partition coefficient (Wildman–Crippen LogP) is 2.59. The second-order valence-electron chi connectivity index (χ2n) is 3.44. The quantitative estimate of drug-likeness (QED) is 0.593. The van der Waals surface area contributed by atoms with Crippen LogP contribution in [-0.4, -0.2) is 13.1 Å². The Balaban J connectivity index is 3.09. The van der Waals surface area contributed by atoms with E-state index in [0.717, 1.165) is 16.8 Å². The number of nitrogens with zero attached hydrogens (tertiary/aromatic N) is 3. The lowest BCUT2D eigenvalue weighted by atomic mass is 10.1. The molecule has 16 heavy (non-hydrogen) atoms. The molecule has 0 aromatic heterocycles. The molecule has 82 valence electrons. The van der Waals surface area contributed by atoms with Gasteiger partial charge in [0.25, 0.3) is 0 Å². The number of nitriles is 2. The van der Waals surface area contributed by atoms with Gasteiger partial charge in [0.05, 0.1) is 12.1 Å². The van der Waals surface area contributed by atoms with Gasteiger partial charge in [0, 0.05) is 11.6 Å². The first kappa shape index (κ1) is 12.4. The van der Waals surface area contributed by atoms with Gasteiger partial charge in [-0.15, -0.1) is 11.6 Å². The molecule has 0 N–H and O–H groups in total. The van der Waals surface area contributed by atoms with E-state index in [2.05, 4.69) is 0 Å². The summed E-state index contributed by atoms with van der Waals surface area (Å²) in [6.45, 7) is 2.37. The highest BCUT2D eigenvalue weighted by Gasteiger charge is 2.10. The third-order valence-electron chi connectivity index (χ3n) is 2.24. The Morgan fingerprint density at radius 1 is 1.25 bits per heavy atom. The molecule has 0 saturated heterocycles. The fraction of sp³-hybridized carbons (Fsp3) is 0.333. The van der Waals surface area contributed by atoms with E-state index in [-0.39, 0.29) is 13.1 Å². The van der Waals surface area contributed by atoms with E-state index in [1.54, 1.807) is 4.90 Å². The highest BCUT2D eigenvalue weighted by molar-refractivity contribution is 6.17. The Bertz CT molecular complexity index is 427. The van der Waals surface area contributed by atoms with Crippen LogP contribution in [0.15, 0.2) is 18.2 Å². The zero-order valence-electron chi connectivity index (χ0n) is 9.07. The Labute approximate surface area is 100 Å². The normalized spacial score (nSPS) is 9.25. The summed E-state index contributed by atoms with van der Waals surface area (Å²) < 4.78 is 0. The largest absolute Gasteiger partial charge is 0.345 e. The lowest BCUT2D eigenvalue weighted by Gasteiger charge is -2.21. The second-order valence-corrected chi connectivity index (χ2v) is 3.71. The van der Waals surface area contributed by atoms with Gasteiger partial charge >= 0.3 is 0 Å². The fourth-order valence-corrected chi connectivity index (χ4v) is 1.74. The maximum absolute atomic E-state index is 8.71. The summed E-state index contributed by atoms with van der Waals surface area (Å²) in [6.07, 6.45) is 0. The summed E-state index contributed by atoms with van der Waals surface area (Å²) in [4.78, 5) is 1.72. The van der Waals surface area contributed by atoms with Crippen LogP contribution in [-0.2, 0) is 5.88 Å². The van der Waals surface area contributed by atoms with Gasteiger partial charge in [0.2, 0.25) is 0 Å². The van der Waals surface area contributed by atoms with Crippen LogP contribution in [0.25, 0.3) is 0 Å². The molecule has 0 atom stereocenters. The molecule has 4 heteroatoms. The van der Waals surface area contributed by atoms with E-state index < -0.39 is 0 Å². The van der Waals surface area contributed by atoms with Crippen molar-refractivity contribution >= 4 is 17.3 Å². The molecule has 0 radical (unpaired) electrons. The molecule has 0 aliphatic carbocycles. The maximum Gasteiger partial charge on any atom is 0.106 e. The van der Waals surface area contributed by atoms with Gasteiger partial charge in [-0.3, -0.25) is 0 Å². The molecule has 0 bridgehead atoms. The number of benzene rings is 1. The second kappa shape index (κ2) is 6.00. The van der Waals surface area contributed by atoms with Crippen molar-refractivity contribution < 1.29 is 0 Å². The average molecular weight is 234 g/mol. The van der Waals surface area contributed by atoms with Crippen LogP contribution in [0.1, 0.15) is 11.1 Å². The number of anilines is 1. The zero-order chi connectivity index (χ0) is 12.0. The predicted molar refractivity (Wildman–Crippen MR) is 64.2 cm³/mol. The minimum absolute atomic E-state index is 0.195. The third kappa shape index (κ3) is 2.89. The first-order chi connectivity index (χ1) is 7.72. The van der Waals surface area contributed by atoms with Crippen molar-refractivity contribution in [3.8, 4) is 12.1 Å². The van der Waals surface area contributed by atoms with Gasteiger partial charge in [-0.2, -0.15) is 10.5 Å². The Morgan fingerprint density at radius 3 is 2.38 bits per heavy atom. The van der Waals surface area contributed by atoms with Crippen molar-refractivity contribution in [3.63, 3.8) is 0 Å². The van der Waals surface area contributed by atoms with Crippen LogP contribution in [0, 0.1) is 29.6 Å². The molecule has 1 rings (SSSR count). The number of hydrogen-bond donors (Lipinski definition) is 0. The average Bonchev–Trinajstić information content (AvgIpc) is 2.28. The maximum atomic E-state index is 8.71. The number of halogens is 1. The fourth-order valence-electron chi connectivity index (χ4n) is 1.53. The van der Waals surface area contributed by atoms with Crippen LogP contribution < -0.4 is 4.90 Å². The van der Waals surface area contributed by atoms with Crippen molar-refractivity contribution in [1.82, 2.24) is 0 Å². The Morgan fingerprint density at radius 2 is 1.88 bits per heavy atom. The molecule has 0 fully saturated rings. The molecule has 0 spiro atoms. The summed E-state index contributed by atoms with van der Waals surface area (Å²) in [5.41, 5.74) is 2.93. The van der Waals surface area contributed by atoms with Crippen molar-refractivity contribution in [2.75, 3.05) is 18.0 Å². The summed E-state index contributed by atoms with van der Waals surface area (Å²) in [5.74, 6) is 0.379. The Hall–Kier alpha value is -1.71. The van der Waals surface area contributed by atoms with Gasteiger partial charge in [0.1, 0.15) is 13.1 Å². The van der Waals surface area contributed by atoms with Crippen LogP contribution in [0.5, 0.6) is 0 Å². The molecular formula is C12H12ClN3. The molecule has 0 aliphatic heterocycles. The lowest BCUT2D eigenvalue weighted by Crippen LogP contribution is -2.24. The van der Waals surface area contributed by atoms with Gasteiger partial charge in [-0.25, -0.2) is 0 Å². The highest BCUT2D eigenvalue weighted by Crippen LogP contribution is 2.23. The van der Waals surface area contributed by atoms with E-state index in [1.807, 2.05) is 37.3 Å². The highest BCUT2D eigenvalue weighted by atomic mass is 35.5. The minimum Gasteiger partial charge on any atom is -0.345 e. The Kier molecular flexibility index (Phi) is 4.64. The van der Waals surface area contributed by atoms with Crippen molar-refractivity contribution in [2.24, 2.45) is 0 Å². The molecule has 0 heterocycles. The van der Waals surface area contributed by atoms with E-state index >= 15 is 0 Å². The van der Waals surface area contributed by atoms with E-state index in [0.29, 0.717) is 5.88 Å². The van der Waals surface area contributed by atoms with E-state index in [9.17, 15) is 0 Å². The summed E-state index contributed by atoms with van der Waals surface area (Å²) in [6, 6.07) is 9.93. The monoisotopic (exact) mass is 233 g/mol. The van der Waals surface area contributed by atoms with Crippen LogP contribution >= 0.6 is 11.6 Å². The topological polar surface area (TPSA) is 50.8 Å². The smallest absolute Gasteiger partial charge is 0.106 e. The third-order valence-corrected chi connectivity index (χ3v) is 2.53. The van der Waals surface area contributed by atoms with Gasteiger partial charge in [-0.1, -0.05) is 17.7 Å². The van der Waals surface area contributed by atoms with Crippen LogP contribution in [0.3, 0.4) is 0 Å². The molecular weight excluding hydrogens is 222 g/mol. The molecule has 0 aliphatic rings. The minimum atomic E-state index is 0.195. The number of alkyl halides is 1. The molecule has 0 unspecified atom stereocenters. The van der Waals surface area contributed by atoms with Crippen molar-refractivity contribution in [2.45, 2.75) is 12.8 Å². The number of hydrogen-bond acceptors (Lipinski definition) is 3. The van der Waals surface area contributed by atoms with Crippen molar-refractivity contribution in [1.29, 1.82) is 10.5 Å². The molecule has 0 saturated carbocycles. The standard InChI is InChI=1S/C12H12ClN3/c1-10-2-3-12(11(8-10)9-13)16(6-4-14)7-5-15/h2-3,8H,6-7,9H2,1H3. The SMILES string of the molecule is Cc1ccc(N(CC#N)CC#N)c(CCl)c1. The summed E-state index contributed by atoms with van der Waals surface area (Å²) >= 11 is 5.86. The number of rotatable bonds is 4.